The fraction of sp³-hybridized carbons (Fsp3) is 0.571. The van der Waals surface area contributed by atoms with E-state index < -0.39 is 5.82 Å². The van der Waals surface area contributed by atoms with Gasteiger partial charge in [-0.1, -0.05) is 18.5 Å². The molecule has 1 aromatic carbocycles. The number of nitrogen functional groups attached to an aromatic ring is 2. The molecular weight excluding hydrogens is 279 g/mol. The first-order valence-corrected chi connectivity index (χ1v) is 7.42. The number of nitrogens with two attached hydrogens (primary N) is 2. The summed E-state index contributed by atoms with van der Waals surface area (Å²) in [7, 11) is 0. The average Bonchev–Trinajstić information content (AvgIpc) is 2.43. The van der Waals surface area contributed by atoms with Gasteiger partial charge < -0.3 is 21.7 Å². The fourth-order valence-electron chi connectivity index (χ4n) is 2.63. The Bertz CT molecular complexity index is 473. The second-order valence-corrected chi connectivity index (χ2v) is 5.70. The zero-order valence-corrected chi connectivity index (χ0v) is 12.5. The van der Waals surface area contributed by atoms with Crippen LogP contribution in [0.3, 0.4) is 0 Å². The molecule has 1 heterocycles. The molecule has 0 aliphatic carbocycles. The predicted octanol–water partition coefficient (Wildman–Crippen LogP) is 2.93. The normalized spacial score (nSPS) is 17.4. The van der Waals surface area contributed by atoms with Crippen LogP contribution in [0.25, 0.3) is 0 Å². The molecule has 0 aromatic heterocycles. The van der Waals surface area contributed by atoms with Gasteiger partial charge in [-0.2, -0.15) is 0 Å². The van der Waals surface area contributed by atoms with Crippen LogP contribution in [0.5, 0.6) is 0 Å². The van der Waals surface area contributed by atoms with E-state index in [0.29, 0.717) is 5.69 Å². The number of likely N-dealkylation sites (tertiary alicyclic amines) is 1. The van der Waals surface area contributed by atoms with E-state index in [1.165, 1.54) is 6.07 Å². The van der Waals surface area contributed by atoms with Crippen molar-refractivity contribution in [2.75, 3.05) is 36.4 Å². The van der Waals surface area contributed by atoms with Gasteiger partial charge >= 0.3 is 0 Å². The highest BCUT2D eigenvalue weighted by molar-refractivity contribution is 6.33. The van der Waals surface area contributed by atoms with Crippen molar-refractivity contribution >= 4 is 28.7 Å². The molecule has 1 aromatic rings. The Morgan fingerprint density at radius 3 is 2.60 bits per heavy atom. The molecule has 1 fully saturated rings. The van der Waals surface area contributed by atoms with E-state index in [0.717, 1.165) is 38.9 Å². The van der Waals surface area contributed by atoms with E-state index in [1.807, 2.05) is 0 Å². The number of benzene rings is 1. The minimum absolute atomic E-state index is 0.0647. The Balaban J connectivity index is 2.03. The number of halogens is 2. The third-order valence-electron chi connectivity index (χ3n) is 3.74. The second-order valence-electron chi connectivity index (χ2n) is 5.32. The van der Waals surface area contributed by atoms with Crippen LogP contribution in [0.1, 0.15) is 26.2 Å². The van der Waals surface area contributed by atoms with Crippen LogP contribution >= 0.6 is 11.6 Å². The van der Waals surface area contributed by atoms with E-state index in [4.69, 9.17) is 23.1 Å². The Hall–Kier alpha value is -1.20. The summed E-state index contributed by atoms with van der Waals surface area (Å²) < 4.78 is 14.1. The lowest BCUT2D eigenvalue weighted by Gasteiger charge is -2.33. The molecule has 0 bridgehead atoms. The maximum Gasteiger partial charge on any atom is 0.169 e. The molecule has 6 heteroatoms. The highest BCUT2D eigenvalue weighted by Crippen LogP contribution is 2.34. The Kier molecular flexibility index (Phi) is 4.94. The molecule has 112 valence electrons. The number of hydrogen-bond acceptors (Lipinski definition) is 4. The zero-order valence-electron chi connectivity index (χ0n) is 11.8. The van der Waals surface area contributed by atoms with Crippen LogP contribution in [-0.4, -0.2) is 30.6 Å². The minimum Gasteiger partial charge on any atom is -0.397 e. The van der Waals surface area contributed by atoms with Crippen molar-refractivity contribution in [3.8, 4) is 0 Å². The van der Waals surface area contributed by atoms with Crippen molar-refractivity contribution in [1.82, 2.24) is 4.90 Å². The highest BCUT2D eigenvalue weighted by Gasteiger charge is 2.21. The van der Waals surface area contributed by atoms with E-state index in [2.05, 4.69) is 17.1 Å². The highest BCUT2D eigenvalue weighted by atomic mass is 35.5. The Labute approximate surface area is 124 Å². The molecule has 1 aliphatic heterocycles. The first kappa shape index (κ1) is 15.2. The van der Waals surface area contributed by atoms with E-state index in [1.54, 1.807) is 0 Å². The third kappa shape index (κ3) is 3.27. The standard InChI is InChI=1S/C14H22ClFN4/c1-2-5-20-6-3-9(4-7-20)19-14-11(18)8-10(17)12(15)13(14)16/h8-9,19H,2-7,17-18H2,1H3. The molecule has 0 atom stereocenters. The first-order valence-electron chi connectivity index (χ1n) is 7.04. The molecule has 0 unspecified atom stereocenters. The molecule has 0 amide bonds. The van der Waals surface area contributed by atoms with Crippen molar-refractivity contribution in [1.29, 1.82) is 0 Å². The molecule has 1 saturated heterocycles. The van der Waals surface area contributed by atoms with Crippen LogP contribution in [-0.2, 0) is 0 Å². The monoisotopic (exact) mass is 300 g/mol. The zero-order chi connectivity index (χ0) is 14.7. The number of nitrogens with one attached hydrogen (secondary N) is 1. The van der Waals surface area contributed by atoms with Gasteiger partial charge in [0.25, 0.3) is 0 Å². The van der Waals surface area contributed by atoms with Crippen LogP contribution in [0.15, 0.2) is 6.07 Å². The van der Waals surface area contributed by atoms with Crippen LogP contribution in [0.2, 0.25) is 5.02 Å². The van der Waals surface area contributed by atoms with Crippen molar-refractivity contribution in [3.63, 3.8) is 0 Å². The lowest BCUT2D eigenvalue weighted by atomic mass is 10.0. The Morgan fingerprint density at radius 2 is 2.00 bits per heavy atom. The molecule has 0 saturated carbocycles. The maximum absolute atomic E-state index is 14.1. The van der Waals surface area contributed by atoms with Gasteiger partial charge in [0.05, 0.1) is 17.1 Å². The fourth-order valence-corrected chi connectivity index (χ4v) is 2.78. The SMILES string of the molecule is CCCN1CCC(Nc2c(N)cc(N)c(Cl)c2F)CC1. The summed E-state index contributed by atoms with van der Waals surface area (Å²) in [5, 5.41) is 3.12. The molecule has 5 N–H and O–H groups in total. The molecule has 1 aliphatic rings. The predicted molar refractivity (Wildman–Crippen MR) is 83.6 cm³/mol. The van der Waals surface area contributed by atoms with Crippen molar-refractivity contribution in [3.05, 3.63) is 16.9 Å². The number of hydrogen-bond donors (Lipinski definition) is 3. The molecule has 2 rings (SSSR count). The summed E-state index contributed by atoms with van der Waals surface area (Å²) in [6.45, 7) is 5.35. The van der Waals surface area contributed by atoms with Gasteiger partial charge in [-0.25, -0.2) is 4.39 Å². The molecular formula is C14H22ClFN4. The third-order valence-corrected chi connectivity index (χ3v) is 4.13. The van der Waals surface area contributed by atoms with Gasteiger partial charge in [-0.05, 0) is 31.9 Å². The Morgan fingerprint density at radius 1 is 1.35 bits per heavy atom. The molecule has 20 heavy (non-hydrogen) atoms. The number of nitrogens with zero attached hydrogens (tertiary/aromatic N) is 1. The van der Waals surface area contributed by atoms with Gasteiger partial charge in [0, 0.05) is 19.1 Å². The van der Waals surface area contributed by atoms with Crippen LogP contribution in [0, 0.1) is 5.82 Å². The lowest BCUT2D eigenvalue weighted by Crippen LogP contribution is -2.39. The number of piperidine rings is 1. The number of rotatable bonds is 4. The van der Waals surface area contributed by atoms with Crippen molar-refractivity contribution in [2.24, 2.45) is 0 Å². The van der Waals surface area contributed by atoms with Gasteiger partial charge in [0.15, 0.2) is 5.82 Å². The summed E-state index contributed by atoms with van der Waals surface area (Å²) in [4.78, 5) is 2.42. The van der Waals surface area contributed by atoms with Crippen LogP contribution in [0.4, 0.5) is 21.5 Å². The van der Waals surface area contributed by atoms with Gasteiger partial charge in [0.2, 0.25) is 0 Å². The lowest BCUT2D eigenvalue weighted by molar-refractivity contribution is 0.219. The summed E-state index contributed by atoms with van der Waals surface area (Å²) in [6, 6.07) is 1.72. The van der Waals surface area contributed by atoms with Crippen LogP contribution < -0.4 is 16.8 Å². The smallest absolute Gasteiger partial charge is 0.169 e. The topological polar surface area (TPSA) is 67.3 Å². The van der Waals surface area contributed by atoms with Gasteiger partial charge in [0.1, 0.15) is 5.02 Å². The molecule has 0 radical (unpaired) electrons. The van der Waals surface area contributed by atoms with Gasteiger partial charge in [-0.3, -0.25) is 0 Å². The molecule has 4 nitrogen and oxygen atoms in total. The van der Waals surface area contributed by atoms with Gasteiger partial charge in [-0.15, -0.1) is 0 Å². The average molecular weight is 301 g/mol. The largest absolute Gasteiger partial charge is 0.397 e. The van der Waals surface area contributed by atoms with E-state index in [-0.39, 0.29) is 22.4 Å². The number of anilines is 3. The minimum atomic E-state index is -0.555. The maximum atomic E-state index is 14.1. The van der Waals surface area contributed by atoms with E-state index in [9.17, 15) is 4.39 Å². The second kappa shape index (κ2) is 6.50. The first-order chi connectivity index (χ1) is 9.52. The van der Waals surface area contributed by atoms with Crippen molar-refractivity contribution < 1.29 is 4.39 Å². The van der Waals surface area contributed by atoms with Crippen molar-refractivity contribution in [2.45, 2.75) is 32.2 Å². The quantitative estimate of drug-likeness (QED) is 0.748. The summed E-state index contributed by atoms with van der Waals surface area (Å²) in [5.41, 5.74) is 12.2. The summed E-state index contributed by atoms with van der Waals surface area (Å²) >= 11 is 5.83. The summed E-state index contributed by atoms with van der Waals surface area (Å²) in [6.07, 6.45) is 3.11. The molecule has 0 spiro atoms. The van der Waals surface area contributed by atoms with E-state index >= 15 is 0 Å². The summed E-state index contributed by atoms with van der Waals surface area (Å²) in [5.74, 6) is -0.555.